The number of carbonyl (C=O) groups is 1. The SMILES string of the molecule is CC[C@@H](C/C=C/C(O)C1CCC1CN1CC2(CCCc3cc(Cl)ccc32)COc2ccc(C(=O)O)cc21)CSN. The van der Waals surface area contributed by atoms with Crippen LogP contribution in [-0.2, 0) is 11.8 Å². The first-order chi connectivity index (χ1) is 19.3. The molecule has 5 atom stereocenters. The van der Waals surface area contributed by atoms with Crippen LogP contribution in [0.2, 0.25) is 5.02 Å². The van der Waals surface area contributed by atoms with Gasteiger partial charge in [0.2, 0.25) is 0 Å². The van der Waals surface area contributed by atoms with Crippen LogP contribution in [0.25, 0.3) is 0 Å². The highest BCUT2D eigenvalue weighted by molar-refractivity contribution is 7.97. The van der Waals surface area contributed by atoms with Crippen LogP contribution in [0.1, 0.15) is 66.9 Å². The number of rotatable bonds is 10. The van der Waals surface area contributed by atoms with Gasteiger partial charge in [-0.25, -0.2) is 4.79 Å². The minimum atomic E-state index is -0.945. The van der Waals surface area contributed by atoms with Gasteiger partial charge in [-0.05, 0) is 97.7 Å². The number of anilines is 1. The second kappa shape index (κ2) is 12.8. The number of hydrogen-bond donors (Lipinski definition) is 3. The molecule has 3 aliphatic rings. The van der Waals surface area contributed by atoms with E-state index in [1.807, 2.05) is 12.1 Å². The van der Waals surface area contributed by atoms with E-state index >= 15 is 0 Å². The van der Waals surface area contributed by atoms with Crippen LogP contribution < -0.4 is 14.8 Å². The fourth-order valence-electron chi connectivity index (χ4n) is 6.84. The molecule has 4 unspecified atom stereocenters. The molecule has 4 N–H and O–H groups in total. The van der Waals surface area contributed by atoms with Crippen molar-refractivity contribution < 1.29 is 19.7 Å². The molecular weight excluding hydrogens is 544 g/mol. The van der Waals surface area contributed by atoms with Crippen molar-refractivity contribution in [2.75, 3.05) is 30.3 Å². The standard InChI is InChI=1S/C32H41ClN2O4S/c1-2-21(18-40-34)5-3-7-29(36)26-11-8-24(26)17-35-19-32(14-4-6-22-15-25(33)10-12-27(22)32)20-39-30-13-9-23(31(37)38)16-28(30)35/h3,7,9-10,12-13,15-16,21,24,26,29,36H,2,4-6,8,11,14,17-20,34H2,1H3,(H,37,38)/b7-3+/t21-,24?,26?,29?,32?/m0/s1. The van der Waals surface area contributed by atoms with Gasteiger partial charge in [-0.1, -0.05) is 55.1 Å². The zero-order valence-corrected chi connectivity index (χ0v) is 24.8. The molecule has 0 saturated heterocycles. The maximum Gasteiger partial charge on any atom is 0.335 e. The van der Waals surface area contributed by atoms with E-state index < -0.39 is 12.1 Å². The summed E-state index contributed by atoms with van der Waals surface area (Å²) in [7, 11) is 0. The van der Waals surface area contributed by atoms with Crippen molar-refractivity contribution in [3.8, 4) is 5.75 Å². The Kier molecular flexibility index (Phi) is 9.35. The molecule has 5 rings (SSSR count). The Hall–Kier alpha value is -2.19. The number of ether oxygens (including phenoxy) is 1. The van der Waals surface area contributed by atoms with Crippen molar-refractivity contribution >= 4 is 35.2 Å². The first-order valence-electron chi connectivity index (χ1n) is 14.5. The van der Waals surface area contributed by atoms with Crippen LogP contribution in [0.15, 0.2) is 48.6 Å². The van der Waals surface area contributed by atoms with Crippen LogP contribution in [-0.4, -0.2) is 47.7 Å². The number of benzene rings is 2. The number of carboxylic acids is 1. The van der Waals surface area contributed by atoms with E-state index in [1.54, 1.807) is 18.2 Å². The molecule has 0 aromatic heterocycles. The molecule has 8 heteroatoms. The lowest BCUT2D eigenvalue weighted by Gasteiger charge is -2.45. The van der Waals surface area contributed by atoms with Gasteiger partial charge in [0.05, 0.1) is 24.0 Å². The third-order valence-electron chi connectivity index (χ3n) is 9.37. The molecule has 1 spiro atoms. The summed E-state index contributed by atoms with van der Waals surface area (Å²) >= 11 is 7.75. The van der Waals surface area contributed by atoms with E-state index in [-0.39, 0.29) is 16.9 Å². The molecular formula is C32H41ClN2O4S. The highest BCUT2D eigenvalue weighted by atomic mass is 35.5. The van der Waals surface area contributed by atoms with Crippen molar-refractivity contribution in [1.82, 2.24) is 0 Å². The van der Waals surface area contributed by atoms with Gasteiger partial charge in [0.15, 0.2) is 0 Å². The lowest BCUT2D eigenvalue weighted by molar-refractivity contribution is 0.0456. The van der Waals surface area contributed by atoms with Crippen LogP contribution >= 0.6 is 23.5 Å². The first-order valence-corrected chi connectivity index (χ1v) is 16.0. The van der Waals surface area contributed by atoms with Gasteiger partial charge in [0.1, 0.15) is 5.75 Å². The van der Waals surface area contributed by atoms with Gasteiger partial charge in [-0.15, -0.1) is 0 Å². The van der Waals surface area contributed by atoms with E-state index in [0.717, 1.165) is 80.2 Å². The van der Waals surface area contributed by atoms with E-state index in [4.69, 9.17) is 21.5 Å². The molecule has 2 aromatic carbocycles. The summed E-state index contributed by atoms with van der Waals surface area (Å²) in [5.41, 5.74) is 3.44. The Labute approximate surface area is 247 Å². The molecule has 40 heavy (non-hydrogen) atoms. The number of fused-ring (bicyclic) bond motifs is 3. The van der Waals surface area contributed by atoms with Gasteiger partial charge < -0.3 is 19.8 Å². The van der Waals surface area contributed by atoms with E-state index in [0.29, 0.717) is 18.4 Å². The quantitative estimate of drug-likeness (QED) is 0.217. The molecule has 1 saturated carbocycles. The molecule has 0 bridgehead atoms. The minimum absolute atomic E-state index is 0.184. The molecule has 2 aliphatic carbocycles. The van der Waals surface area contributed by atoms with E-state index in [2.05, 4.69) is 30.0 Å². The number of aliphatic hydroxyl groups is 1. The van der Waals surface area contributed by atoms with Crippen LogP contribution in [0.3, 0.4) is 0 Å². The van der Waals surface area contributed by atoms with Crippen molar-refractivity contribution in [3.05, 3.63) is 70.3 Å². The summed E-state index contributed by atoms with van der Waals surface area (Å²) in [6, 6.07) is 11.4. The average molecular weight is 585 g/mol. The van der Waals surface area contributed by atoms with E-state index in [9.17, 15) is 15.0 Å². The fourth-order valence-corrected chi connectivity index (χ4v) is 7.68. The minimum Gasteiger partial charge on any atom is -0.490 e. The third-order valence-corrected chi connectivity index (χ3v) is 10.3. The molecule has 216 valence electrons. The average Bonchev–Trinajstić information content (AvgIpc) is 3.07. The molecule has 0 amide bonds. The number of nitrogens with zero attached hydrogens (tertiary/aromatic N) is 1. The molecule has 6 nitrogen and oxygen atoms in total. The summed E-state index contributed by atoms with van der Waals surface area (Å²) < 4.78 is 6.47. The third kappa shape index (κ3) is 6.18. The molecule has 1 aliphatic heterocycles. The lowest BCUT2D eigenvalue weighted by Crippen LogP contribution is -2.49. The number of hydrogen-bond acceptors (Lipinski definition) is 6. The van der Waals surface area contributed by atoms with Gasteiger partial charge in [0.25, 0.3) is 0 Å². The molecule has 1 heterocycles. The molecule has 2 aromatic rings. The fraction of sp³-hybridized carbons (Fsp3) is 0.531. The molecule has 0 radical (unpaired) electrons. The topological polar surface area (TPSA) is 96.0 Å². The van der Waals surface area contributed by atoms with Gasteiger partial charge >= 0.3 is 5.97 Å². The van der Waals surface area contributed by atoms with Crippen molar-refractivity contribution in [3.63, 3.8) is 0 Å². The number of aryl methyl sites for hydroxylation is 1. The number of aliphatic hydroxyl groups excluding tert-OH is 1. The lowest BCUT2D eigenvalue weighted by atomic mass is 9.68. The number of nitrogens with two attached hydrogens (primary N) is 1. The highest BCUT2D eigenvalue weighted by Crippen LogP contribution is 2.46. The van der Waals surface area contributed by atoms with Gasteiger partial charge in [0, 0.05) is 29.3 Å². The normalized spacial score (nSPS) is 25.4. The summed E-state index contributed by atoms with van der Waals surface area (Å²) in [6.07, 6.45) is 10.7. The number of aromatic carboxylic acids is 1. The smallest absolute Gasteiger partial charge is 0.335 e. The summed E-state index contributed by atoms with van der Waals surface area (Å²) in [6.45, 7) is 4.21. The predicted octanol–water partition coefficient (Wildman–Crippen LogP) is 6.48. The zero-order valence-electron chi connectivity index (χ0n) is 23.2. The van der Waals surface area contributed by atoms with Gasteiger partial charge in [-0.2, -0.15) is 0 Å². The number of allylic oxidation sites excluding steroid dienone is 1. The Morgan fingerprint density at radius 2 is 2.15 bits per heavy atom. The molecule has 1 fully saturated rings. The van der Waals surface area contributed by atoms with Crippen molar-refractivity contribution in [1.29, 1.82) is 0 Å². The summed E-state index contributed by atoms with van der Waals surface area (Å²) in [4.78, 5) is 14.2. The van der Waals surface area contributed by atoms with Crippen LogP contribution in [0.5, 0.6) is 5.75 Å². The van der Waals surface area contributed by atoms with Crippen molar-refractivity contribution in [2.45, 2.75) is 63.4 Å². The second-order valence-corrected chi connectivity index (χ2v) is 13.0. The Morgan fingerprint density at radius 1 is 1.30 bits per heavy atom. The second-order valence-electron chi connectivity index (χ2n) is 11.9. The number of carboxylic acid groups (broad SMARTS) is 1. The number of halogens is 1. The summed E-state index contributed by atoms with van der Waals surface area (Å²) in [5.74, 6) is 1.73. The van der Waals surface area contributed by atoms with Crippen molar-refractivity contribution in [2.24, 2.45) is 22.9 Å². The maximum atomic E-state index is 11.9. The van der Waals surface area contributed by atoms with Crippen LogP contribution in [0.4, 0.5) is 5.69 Å². The maximum absolute atomic E-state index is 11.9. The van der Waals surface area contributed by atoms with E-state index in [1.165, 1.54) is 23.1 Å². The largest absolute Gasteiger partial charge is 0.490 e. The van der Waals surface area contributed by atoms with Crippen LogP contribution in [0, 0.1) is 17.8 Å². The van der Waals surface area contributed by atoms with Gasteiger partial charge in [-0.3, -0.25) is 5.14 Å². The first kappa shape index (κ1) is 29.3. The zero-order chi connectivity index (χ0) is 28.3. The Balaban J connectivity index is 1.40. The Bertz CT molecular complexity index is 1240. The Morgan fingerprint density at radius 3 is 2.88 bits per heavy atom. The highest BCUT2D eigenvalue weighted by Gasteiger charge is 2.44. The monoisotopic (exact) mass is 584 g/mol. The summed E-state index contributed by atoms with van der Waals surface area (Å²) in [5, 5.41) is 27.3. The predicted molar refractivity (Wildman–Crippen MR) is 164 cm³/mol.